The molecule has 0 radical (unpaired) electrons. The average molecular weight is 290 g/mol. The van der Waals surface area contributed by atoms with Crippen molar-refractivity contribution in [1.29, 1.82) is 0 Å². The van der Waals surface area contributed by atoms with Crippen LogP contribution in [0, 0.1) is 12.7 Å². The Bertz CT molecular complexity index is 667. The van der Waals surface area contributed by atoms with E-state index in [4.69, 9.17) is 11.6 Å². The van der Waals surface area contributed by atoms with Crippen LogP contribution in [-0.2, 0) is 4.79 Å². The number of hydrogen-bond donors (Lipinski definition) is 1. The smallest absolute Gasteiger partial charge is 0.248 e. The predicted molar refractivity (Wildman–Crippen MR) is 80.3 cm³/mol. The molecule has 2 aromatic carbocycles. The largest absolute Gasteiger partial charge is 0.322 e. The lowest BCUT2D eigenvalue weighted by Gasteiger charge is -2.07. The van der Waals surface area contributed by atoms with Gasteiger partial charge in [-0.1, -0.05) is 29.8 Å². The van der Waals surface area contributed by atoms with Crippen LogP contribution in [0.2, 0.25) is 5.02 Å². The summed E-state index contributed by atoms with van der Waals surface area (Å²) < 4.78 is 13.0. The van der Waals surface area contributed by atoms with E-state index in [0.717, 1.165) is 5.56 Å². The van der Waals surface area contributed by atoms with Crippen LogP contribution in [0.1, 0.15) is 11.1 Å². The van der Waals surface area contributed by atoms with Crippen molar-refractivity contribution in [2.24, 2.45) is 0 Å². The van der Waals surface area contributed by atoms with Crippen molar-refractivity contribution in [1.82, 2.24) is 0 Å². The van der Waals surface area contributed by atoms with Crippen molar-refractivity contribution in [3.05, 3.63) is 70.5 Å². The molecule has 0 atom stereocenters. The zero-order valence-corrected chi connectivity index (χ0v) is 11.6. The van der Waals surface area contributed by atoms with E-state index in [-0.39, 0.29) is 11.7 Å². The SMILES string of the molecule is Cc1c(Cl)cccc1NC(=O)C=Cc1cccc(F)c1. The molecular weight excluding hydrogens is 277 g/mol. The van der Waals surface area contributed by atoms with Crippen molar-refractivity contribution >= 4 is 29.3 Å². The predicted octanol–water partition coefficient (Wildman–Crippen LogP) is 4.44. The summed E-state index contributed by atoms with van der Waals surface area (Å²) in [5.74, 6) is -0.627. The number of halogens is 2. The standard InChI is InChI=1S/C16H13ClFNO/c1-11-14(17)6-3-7-15(11)19-16(20)9-8-12-4-2-5-13(18)10-12/h2-10H,1H3,(H,19,20). The summed E-state index contributed by atoms with van der Waals surface area (Å²) in [7, 11) is 0. The fourth-order valence-corrected chi connectivity index (χ4v) is 1.87. The number of carbonyl (C=O) groups is 1. The van der Waals surface area contributed by atoms with Crippen molar-refractivity contribution in [2.45, 2.75) is 6.92 Å². The molecule has 0 aliphatic carbocycles. The number of rotatable bonds is 3. The Balaban J connectivity index is 2.08. The van der Waals surface area contributed by atoms with E-state index in [2.05, 4.69) is 5.32 Å². The Kier molecular flexibility index (Phi) is 4.53. The normalized spacial score (nSPS) is 10.8. The molecular formula is C16H13ClFNO. The topological polar surface area (TPSA) is 29.1 Å². The van der Waals surface area contributed by atoms with E-state index in [0.29, 0.717) is 16.3 Å². The molecule has 0 heterocycles. The fourth-order valence-electron chi connectivity index (χ4n) is 1.70. The fraction of sp³-hybridized carbons (Fsp3) is 0.0625. The highest BCUT2D eigenvalue weighted by Gasteiger charge is 2.04. The summed E-state index contributed by atoms with van der Waals surface area (Å²) in [6, 6.07) is 11.3. The summed E-state index contributed by atoms with van der Waals surface area (Å²) in [6.45, 7) is 1.83. The quantitative estimate of drug-likeness (QED) is 0.832. The third kappa shape index (κ3) is 3.68. The summed E-state index contributed by atoms with van der Waals surface area (Å²) in [6.07, 6.45) is 2.91. The van der Waals surface area contributed by atoms with Gasteiger partial charge in [-0.05, 0) is 48.4 Å². The van der Waals surface area contributed by atoms with Crippen LogP contribution in [0.4, 0.5) is 10.1 Å². The van der Waals surface area contributed by atoms with E-state index in [1.807, 2.05) is 6.92 Å². The Labute approximate surface area is 121 Å². The van der Waals surface area contributed by atoms with Gasteiger partial charge in [0, 0.05) is 16.8 Å². The highest BCUT2D eigenvalue weighted by Crippen LogP contribution is 2.22. The van der Waals surface area contributed by atoms with Crippen LogP contribution < -0.4 is 5.32 Å². The van der Waals surface area contributed by atoms with Gasteiger partial charge in [-0.25, -0.2) is 4.39 Å². The first-order valence-corrected chi connectivity index (χ1v) is 6.44. The molecule has 0 fully saturated rings. The van der Waals surface area contributed by atoms with Crippen molar-refractivity contribution in [3.8, 4) is 0 Å². The monoisotopic (exact) mass is 289 g/mol. The van der Waals surface area contributed by atoms with E-state index >= 15 is 0 Å². The number of benzene rings is 2. The molecule has 102 valence electrons. The first-order chi connectivity index (χ1) is 9.56. The van der Waals surface area contributed by atoms with Gasteiger partial charge in [-0.15, -0.1) is 0 Å². The van der Waals surface area contributed by atoms with Gasteiger partial charge in [0.1, 0.15) is 5.82 Å². The number of amides is 1. The second-order valence-corrected chi connectivity index (χ2v) is 4.70. The first kappa shape index (κ1) is 14.3. The van der Waals surface area contributed by atoms with Gasteiger partial charge in [0.05, 0.1) is 0 Å². The van der Waals surface area contributed by atoms with Gasteiger partial charge in [0.2, 0.25) is 5.91 Å². The van der Waals surface area contributed by atoms with E-state index < -0.39 is 0 Å². The van der Waals surface area contributed by atoms with Crippen molar-refractivity contribution in [3.63, 3.8) is 0 Å². The summed E-state index contributed by atoms with van der Waals surface area (Å²) >= 11 is 5.98. The van der Waals surface area contributed by atoms with Crippen LogP contribution in [0.3, 0.4) is 0 Å². The average Bonchev–Trinajstić information content (AvgIpc) is 2.42. The highest BCUT2D eigenvalue weighted by atomic mass is 35.5. The molecule has 2 nitrogen and oxygen atoms in total. The maximum Gasteiger partial charge on any atom is 0.248 e. The third-order valence-electron chi connectivity index (χ3n) is 2.80. The molecule has 2 rings (SSSR count). The minimum Gasteiger partial charge on any atom is -0.322 e. The summed E-state index contributed by atoms with van der Waals surface area (Å²) in [5, 5.41) is 3.33. The second kappa shape index (κ2) is 6.35. The number of hydrogen-bond acceptors (Lipinski definition) is 1. The molecule has 0 aliphatic rings. The van der Waals surface area contributed by atoms with Crippen molar-refractivity contribution in [2.75, 3.05) is 5.32 Å². The summed E-state index contributed by atoms with van der Waals surface area (Å²) in [4.78, 5) is 11.8. The number of anilines is 1. The molecule has 0 spiro atoms. The number of carbonyl (C=O) groups excluding carboxylic acids is 1. The minimum atomic E-state index is -0.335. The van der Waals surface area contributed by atoms with Crippen LogP contribution in [0.15, 0.2) is 48.5 Å². The lowest BCUT2D eigenvalue weighted by Crippen LogP contribution is -2.08. The van der Waals surface area contributed by atoms with Gasteiger partial charge in [0.25, 0.3) is 0 Å². The van der Waals surface area contributed by atoms with E-state index in [1.54, 1.807) is 36.4 Å². The molecule has 0 saturated carbocycles. The molecule has 0 aromatic heterocycles. The Hall–Kier alpha value is -2.13. The molecule has 20 heavy (non-hydrogen) atoms. The van der Waals surface area contributed by atoms with Crippen molar-refractivity contribution < 1.29 is 9.18 Å². The van der Waals surface area contributed by atoms with Gasteiger partial charge in [-0.2, -0.15) is 0 Å². The van der Waals surface area contributed by atoms with Gasteiger partial charge in [0.15, 0.2) is 0 Å². The van der Waals surface area contributed by atoms with E-state index in [9.17, 15) is 9.18 Å². The zero-order valence-electron chi connectivity index (χ0n) is 10.9. The summed E-state index contributed by atoms with van der Waals surface area (Å²) in [5.41, 5.74) is 2.09. The first-order valence-electron chi connectivity index (χ1n) is 6.06. The lowest BCUT2D eigenvalue weighted by atomic mass is 10.2. The van der Waals surface area contributed by atoms with Gasteiger partial charge in [-0.3, -0.25) is 4.79 Å². The molecule has 0 aliphatic heterocycles. The Morgan fingerprint density at radius 2 is 2.00 bits per heavy atom. The molecule has 0 unspecified atom stereocenters. The zero-order chi connectivity index (χ0) is 14.5. The van der Waals surface area contributed by atoms with Crippen LogP contribution in [0.5, 0.6) is 0 Å². The second-order valence-electron chi connectivity index (χ2n) is 4.29. The number of nitrogens with one attached hydrogen (secondary N) is 1. The lowest BCUT2D eigenvalue weighted by molar-refractivity contribution is -0.111. The molecule has 2 aromatic rings. The maximum atomic E-state index is 13.0. The van der Waals surface area contributed by atoms with Crippen LogP contribution in [-0.4, -0.2) is 5.91 Å². The third-order valence-corrected chi connectivity index (χ3v) is 3.21. The molecule has 4 heteroatoms. The van der Waals surface area contributed by atoms with E-state index in [1.165, 1.54) is 18.2 Å². The highest BCUT2D eigenvalue weighted by molar-refractivity contribution is 6.31. The van der Waals surface area contributed by atoms with Crippen LogP contribution in [0.25, 0.3) is 6.08 Å². The molecule has 0 bridgehead atoms. The van der Waals surface area contributed by atoms with Gasteiger partial charge < -0.3 is 5.32 Å². The Morgan fingerprint density at radius 3 is 2.75 bits per heavy atom. The minimum absolute atomic E-state index is 0.292. The molecule has 1 N–H and O–H groups in total. The van der Waals surface area contributed by atoms with Crippen LogP contribution >= 0.6 is 11.6 Å². The van der Waals surface area contributed by atoms with Gasteiger partial charge >= 0.3 is 0 Å². The Morgan fingerprint density at radius 1 is 1.25 bits per heavy atom. The molecule has 1 amide bonds. The maximum absolute atomic E-state index is 13.0. The molecule has 0 saturated heterocycles.